The highest BCUT2D eigenvalue weighted by molar-refractivity contribution is 6.05. The van der Waals surface area contributed by atoms with Crippen LogP contribution in [0, 0.1) is 17.8 Å². The van der Waals surface area contributed by atoms with Gasteiger partial charge in [0.1, 0.15) is 17.6 Å². The van der Waals surface area contributed by atoms with Gasteiger partial charge in [0.2, 0.25) is 5.91 Å². The zero-order valence-corrected chi connectivity index (χ0v) is 23.8. The molecule has 8 heteroatoms. The van der Waals surface area contributed by atoms with E-state index in [2.05, 4.69) is 6.58 Å². The van der Waals surface area contributed by atoms with Crippen molar-refractivity contribution in [1.82, 2.24) is 4.90 Å². The fraction of sp³-hybridized carbons (Fsp3) is 0.382. The van der Waals surface area contributed by atoms with Gasteiger partial charge in [-0.25, -0.2) is 0 Å². The minimum atomic E-state index is -1.34. The highest BCUT2D eigenvalue weighted by Gasteiger charge is 2.80. The molecule has 3 unspecified atom stereocenters. The molecular formula is C34H36N2O6. The second-order valence-electron chi connectivity index (χ2n) is 12.1. The number of fused-ring (bicyclic) bond motifs is 2. The molecule has 7 atom stereocenters. The lowest BCUT2D eigenvalue weighted by atomic mass is 9.62. The summed E-state index contributed by atoms with van der Waals surface area (Å²) in [5.41, 5.74) is -0.915. The molecule has 3 aliphatic rings. The molecule has 3 saturated heterocycles. The number of benzene rings is 3. The van der Waals surface area contributed by atoms with E-state index in [0.29, 0.717) is 18.5 Å². The number of rotatable bonds is 9. The van der Waals surface area contributed by atoms with Crippen LogP contribution in [0.25, 0.3) is 10.8 Å². The van der Waals surface area contributed by atoms with E-state index in [1.165, 1.54) is 4.90 Å². The van der Waals surface area contributed by atoms with Crippen molar-refractivity contribution in [2.24, 2.45) is 17.8 Å². The molecule has 218 valence electrons. The van der Waals surface area contributed by atoms with Gasteiger partial charge in [-0.2, -0.15) is 0 Å². The van der Waals surface area contributed by atoms with Crippen LogP contribution >= 0.6 is 0 Å². The van der Waals surface area contributed by atoms with Crippen LogP contribution in [-0.4, -0.2) is 69.3 Å². The Morgan fingerprint density at radius 2 is 1.81 bits per heavy atom. The van der Waals surface area contributed by atoms with E-state index in [1.54, 1.807) is 17.9 Å². The van der Waals surface area contributed by atoms with Crippen molar-refractivity contribution >= 4 is 34.2 Å². The summed E-state index contributed by atoms with van der Waals surface area (Å²) in [6, 6.07) is 21.2. The van der Waals surface area contributed by atoms with Crippen LogP contribution in [0.15, 0.2) is 85.5 Å². The lowest BCUT2D eigenvalue weighted by Gasteiger charge is -2.39. The van der Waals surface area contributed by atoms with E-state index < -0.39 is 53.6 Å². The van der Waals surface area contributed by atoms with Crippen LogP contribution < -0.4 is 4.90 Å². The second-order valence-corrected chi connectivity index (χ2v) is 12.1. The quantitative estimate of drug-likeness (QED) is 0.377. The molecule has 0 radical (unpaired) electrons. The highest BCUT2D eigenvalue weighted by Crippen LogP contribution is 2.65. The van der Waals surface area contributed by atoms with E-state index >= 15 is 0 Å². The van der Waals surface area contributed by atoms with E-state index in [9.17, 15) is 24.6 Å². The van der Waals surface area contributed by atoms with Gasteiger partial charge in [0.05, 0.1) is 24.2 Å². The van der Waals surface area contributed by atoms with Crippen molar-refractivity contribution in [3.05, 3.63) is 91.0 Å². The Bertz CT molecular complexity index is 1560. The number of anilines is 1. The largest absolute Gasteiger partial charge is 0.481 e. The van der Waals surface area contributed by atoms with Gasteiger partial charge in [-0.3, -0.25) is 14.4 Å². The van der Waals surface area contributed by atoms with Crippen molar-refractivity contribution in [3.8, 4) is 0 Å². The third kappa shape index (κ3) is 4.07. The standard InChI is InChI=1S/C34H36N2O6/c1-4-16-35(25-15-14-23-12-8-9-13-24(23)18-25)31(39)29-34-19-21(2)33(3,42-34)28(32(40)41)27(34)30(38)36(29)26(20-37)17-22-10-6-5-7-11-22/h4-15,18,21,26-29,37H,1,16-17,19-20H2,2-3H3,(H,40,41)/t21?,26-,27+,28-,29?,33+,34?/m1/s1. The molecule has 8 nitrogen and oxygen atoms in total. The van der Waals surface area contributed by atoms with Crippen LogP contribution in [0.4, 0.5) is 5.69 Å². The lowest BCUT2D eigenvalue weighted by molar-refractivity contribution is -0.157. The number of nitrogens with zero attached hydrogens (tertiary/aromatic N) is 2. The Hall–Kier alpha value is -4.01. The molecule has 6 rings (SSSR count). The van der Waals surface area contributed by atoms with Gasteiger partial charge in [0.25, 0.3) is 5.91 Å². The van der Waals surface area contributed by atoms with Crippen molar-refractivity contribution in [1.29, 1.82) is 0 Å². The van der Waals surface area contributed by atoms with E-state index in [4.69, 9.17) is 4.74 Å². The minimum absolute atomic E-state index is 0.175. The summed E-state index contributed by atoms with van der Waals surface area (Å²) < 4.78 is 6.67. The van der Waals surface area contributed by atoms with Gasteiger partial charge in [0.15, 0.2) is 0 Å². The number of aliphatic hydroxyl groups excluding tert-OH is 1. The number of ether oxygens (including phenoxy) is 1. The van der Waals surface area contributed by atoms with Crippen LogP contribution in [-0.2, 0) is 25.5 Å². The molecule has 3 aromatic carbocycles. The Kier molecular flexibility index (Phi) is 6.94. The molecule has 2 amide bonds. The average molecular weight is 569 g/mol. The Morgan fingerprint density at radius 1 is 1.12 bits per heavy atom. The maximum Gasteiger partial charge on any atom is 0.310 e. The van der Waals surface area contributed by atoms with E-state index in [-0.39, 0.29) is 18.4 Å². The molecule has 3 fully saturated rings. The van der Waals surface area contributed by atoms with E-state index in [0.717, 1.165) is 16.3 Å². The number of carbonyl (C=O) groups is 3. The number of aliphatic carboxylic acids is 1. The number of carbonyl (C=O) groups excluding carboxylic acids is 2. The Balaban J connectivity index is 1.49. The summed E-state index contributed by atoms with van der Waals surface area (Å²) >= 11 is 0. The van der Waals surface area contributed by atoms with Crippen LogP contribution in [0.2, 0.25) is 0 Å². The fourth-order valence-corrected chi connectivity index (χ4v) is 7.81. The maximum atomic E-state index is 14.9. The van der Waals surface area contributed by atoms with Gasteiger partial charge >= 0.3 is 5.97 Å². The summed E-state index contributed by atoms with van der Waals surface area (Å²) in [6.45, 7) is 7.34. The molecule has 1 spiro atoms. The molecule has 3 heterocycles. The topological polar surface area (TPSA) is 107 Å². The number of carboxylic acid groups (broad SMARTS) is 1. The SMILES string of the molecule is C=CCN(C(=O)C1N([C@@H](CO)Cc2ccccc2)C(=O)[C@@H]2[C@H](C(=O)O)[C@@]3(C)OC12CC3C)c1ccc2ccccc2c1. The van der Waals surface area contributed by atoms with Crippen molar-refractivity contribution < 1.29 is 29.3 Å². The van der Waals surface area contributed by atoms with Gasteiger partial charge in [-0.15, -0.1) is 6.58 Å². The van der Waals surface area contributed by atoms with E-state index in [1.807, 2.05) is 79.7 Å². The summed E-state index contributed by atoms with van der Waals surface area (Å²) in [5.74, 6) is -4.30. The zero-order chi connectivity index (χ0) is 29.8. The van der Waals surface area contributed by atoms with Crippen LogP contribution in [0.5, 0.6) is 0 Å². The van der Waals surface area contributed by atoms with Crippen molar-refractivity contribution in [3.63, 3.8) is 0 Å². The third-order valence-electron chi connectivity index (χ3n) is 9.79. The summed E-state index contributed by atoms with van der Waals surface area (Å²) in [5, 5.41) is 23.0. The molecular weight excluding hydrogens is 532 g/mol. The lowest BCUT2D eigenvalue weighted by Crippen LogP contribution is -2.59. The highest BCUT2D eigenvalue weighted by atomic mass is 16.5. The summed E-state index contributed by atoms with van der Waals surface area (Å²) in [7, 11) is 0. The summed E-state index contributed by atoms with van der Waals surface area (Å²) in [4.78, 5) is 45.1. The molecule has 3 aromatic rings. The number of aliphatic hydroxyl groups is 1. The first-order chi connectivity index (χ1) is 20.2. The molecule has 2 N–H and O–H groups in total. The normalized spacial score (nSPS) is 30.4. The van der Waals surface area contributed by atoms with Gasteiger partial charge in [0, 0.05) is 12.2 Å². The van der Waals surface area contributed by atoms with Crippen molar-refractivity contribution in [2.75, 3.05) is 18.1 Å². The number of carboxylic acids is 1. The predicted molar refractivity (Wildman–Crippen MR) is 159 cm³/mol. The first kappa shape index (κ1) is 28.1. The molecule has 0 aliphatic carbocycles. The molecule has 0 saturated carbocycles. The zero-order valence-electron chi connectivity index (χ0n) is 23.8. The fourth-order valence-electron chi connectivity index (χ4n) is 7.81. The molecule has 3 aliphatic heterocycles. The Labute approximate surface area is 245 Å². The number of amides is 2. The number of hydrogen-bond acceptors (Lipinski definition) is 5. The monoisotopic (exact) mass is 568 g/mol. The number of hydrogen-bond donors (Lipinski definition) is 2. The predicted octanol–water partition coefficient (Wildman–Crippen LogP) is 4.06. The Morgan fingerprint density at radius 3 is 2.48 bits per heavy atom. The summed E-state index contributed by atoms with van der Waals surface area (Å²) in [6.07, 6.45) is 2.30. The van der Waals surface area contributed by atoms with Gasteiger partial charge < -0.3 is 24.7 Å². The van der Waals surface area contributed by atoms with Crippen LogP contribution in [0.1, 0.15) is 25.8 Å². The first-order valence-electron chi connectivity index (χ1n) is 14.5. The maximum absolute atomic E-state index is 14.9. The molecule has 42 heavy (non-hydrogen) atoms. The molecule has 0 aromatic heterocycles. The third-order valence-corrected chi connectivity index (χ3v) is 9.79. The minimum Gasteiger partial charge on any atom is -0.481 e. The van der Waals surface area contributed by atoms with Crippen molar-refractivity contribution in [2.45, 2.75) is 50.0 Å². The smallest absolute Gasteiger partial charge is 0.310 e. The first-order valence-corrected chi connectivity index (χ1v) is 14.5. The van der Waals surface area contributed by atoms with Gasteiger partial charge in [-0.1, -0.05) is 73.7 Å². The second kappa shape index (κ2) is 10.4. The number of likely N-dealkylation sites (tertiary alicyclic amines) is 1. The van der Waals surface area contributed by atoms with Gasteiger partial charge in [-0.05, 0) is 54.2 Å². The molecule has 2 bridgehead atoms. The van der Waals surface area contributed by atoms with Crippen LogP contribution in [0.3, 0.4) is 0 Å². The average Bonchev–Trinajstić information content (AvgIpc) is 3.51.